The Morgan fingerprint density at radius 3 is 2.50 bits per heavy atom. The molecule has 9 heteroatoms. The first-order valence-corrected chi connectivity index (χ1v) is 10.3. The number of rotatable bonds is 6. The standard InChI is InChI=1S/C19H20ClNO6S/c1-26-17-8-12-6-7-21(28(24,25)14-5-3-4-13(20)9-14)16(11-19(22)23)15(12)10-18(17)27-2/h3-5,8-10,16H,6-7,11H2,1-2H3,(H,22,23). The van der Waals surface area contributed by atoms with E-state index in [1.165, 1.54) is 30.7 Å². The Balaban J connectivity index is 2.12. The normalized spacial score (nSPS) is 17.0. The van der Waals surface area contributed by atoms with Gasteiger partial charge in [-0.3, -0.25) is 4.79 Å². The van der Waals surface area contributed by atoms with Crippen LogP contribution in [0.4, 0.5) is 0 Å². The first-order chi connectivity index (χ1) is 13.3. The second-order valence-electron chi connectivity index (χ2n) is 6.34. The van der Waals surface area contributed by atoms with Gasteiger partial charge in [0.1, 0.15) is 0 Å². The minimum atomic E-state index is -3.94. The van der Waals surface area contributed by atoms with E-state index in [1.54, 1.807) is 24.3 Å². The van der Waals surface area contributed by atoms with Crippen LogP contribution in [0.1, 0.15) is 23.6 Å². The van der Waals surface area contributed by atoms with Crippen LogP contribution < -0.4 is 9.47 Å². The number of hydrogen-bond acceptors (Lipinski definition) is 5. The lowest BCUT2D eigenvalue weighted by atomic mass is 9.92. The molecule has 28 heavy (non-hydrogen) atoms. The van der Waals surface area contributed by atoms with Gasteiger partial charge in [-0.25, -0.2) is 8.42 Å². The monoisotopic (exact) mass is 425 g/mol. The van der Waals surface area contributed by atoms with Crippen LogP contribution in [0.3, 0.4) is 0 Å². The fourth-order valence-corrected chi connectivity index (χ4v) is 5.34. The van der Waals surface area contributed by atoms with Crippen molar-refractivity contribution in [1.29, 1.82) is 0 Å². The van der Waals surface area contributed by atoms with Crippen molar-refractivity contribution in [2.75, 3.05) is 20.8 Å². The number of sulfonamides is 1. The van der Waals surface area contributed by atoms with E-state index in [4.69, 9.17) is 21.1 Å². The van der Waals surface area contributed by atoms with E-state index < -0.39 is 22.0 Å². The Labute approximate surface area is 168 Å². The highest BCUT2D eigenvalue weighted by Gasteiger charge is 2.38. The molecule has 1 aliphatic heterocycles. The van der Waals surface area contributed by atoms with Gasteiger partial charge in [-0.05, 0) is 47.9 Å². The molecule has 0 aromatic heterocycles. The molecule has 1 atom stereocenters. The van der Waals surface area contributed by atoms with Crippen molar-refractivity contribution in [2.24, 2.45) is 0 Å². The average Bonchev–Trinajstić information content (AvgIpc) is 2.66. The summed E-state index contributed by atoms with van der Waals surface area (Å²) in [6.07, 6.45) is 0.0495. The van der Waals surface area contributed by atoms with Crippen LogP contribution in [0.25, 0.3) is 0 Å². The van der Waals surface area contributed by atoms with Crippen LogP contribution in [0.2, 0.25) is 5.02 Å². The molecule has 150 valence electrons. The third-order valence-electron chi connectivity index (χ3n) is 4.72. The molecule has 1 unspecified atom stereocenters. The van der Waals surface area contributed by atoms with E-state index in [1.807, 2.05) is 0 Å². The van der Waals surface area contributed by atoms with Gasteiger partial charge in [-0.2, -0.15) is 4.31 Å². The predicted octanol–water partition coefficient (Wildman–Crippen LogP) is 3.12. The van der Waals surface area contributed by atoms with E-state index >= 15 is 0 Å². The Hall–Kier alpha value is -2.29. The second-order valence-corrected chi connectivity index (χ2v) is 8.67. The number of carboxylic acid groups (broad SMARTS) is 1. The molecule has 1 aliphatic rings. The van der Waals surface area contributed by atoms with E-state index in [9.17, 15) is 18.3 Å². The first kappa shape index (κ1) is 20.4. The highest BCUT2D eigenvalue weighted by atomic mass is 35.5. The minimum absolute atomic E-state index is 0.0271. The molecule has 1 heterocycles. The minimum Gasteiger partial charge on any atom is -0.493 e. The molecule has 2 aromatic rings. The molecular formula is C19H20ClNO6S. The molecule has 0 spiro atoms. The van der Waals surface area contributed by atoms with Gasteiger partial charge in [0.2, 0.25) is 10.0 Å². The molecular weight excluding hydrogens is 406 g/mol. The summed E-state index contributed by atoms with van der Waals surface area (Å²) in [6, 6.07) is 8.49. The highest BCUT2D eigenvalue weighted by Crippen LogP contribution is 2.41. The molecule has 0 fully saturated rings. The quantitative estimate of drug-likeness (QED) is 0.764. The maximum Gasteiger partial charge on any atom is 0.305 e. The molecule has 1 N–H and O–H groups in total. The number of hydrogen-bond donors (Lipinski definition) is 1. The second kappa shape index (κ2) is 7.98. The molecule has 0 amide bonds. The number of fused-ring (bicyclic) bond motifs is 1. The van der Waals surface area contributed by atoms with E-state index in [0.29, 0.717) is 28.5 Å². The van der Waals surface area contributed by atoms with Gasteiger partial charge in [-0.1, -0.05) is 17.7 Å². The third-order valence-corrected chi connectivity index (χ3v) is 6.86. The van der Waals surface area contributed by atoms with E-state index in [-0.39, 0.29) is 17.9 Å². The van der Waals surface area contributed by atoms with Crippen LogP contribution >= 0.6 is 11.6 Å². The van der Waals surface area contributed by atoms with Gasteiger partial charge in [0.15, 0.2) is 11.5 Å². The summed E-state index contributed by atoms with van der Waals surface area (Å²) in [5.74, 6) is -0.168. The van der Waals surface area contributed by atoms with Gasteiger partial charge >= 0.3 is 5.97 Å². The Morgan fingerprint density at radius 1 is 1.21 bits per heavy atom. The molecule has 2 aromatic carbocycles. The topological polar surface area (TPSA) is 93.1 Å². The summed E-state index contributed by atoms with van der Waals surface area (Å²) in [5, 5.41) is 9.71. The molecule has 0 radical (unpaired) electrons. The van der Waals surface area contributed by atoms with E-state index in [0.717, 1.165) is 5.56 Å². The van der Waals surface area contributed by atoms with Crippen LogP contribution in [-0.2, 0) is 21.2 Å². The van der Waals surface area contributed by atoms with Crippen molar-refractivity contribution >= 4 is 27.6 Å². The lowest BCUT2D eigenvalue weighted by Crippen LogP contribution is -2.41. The van der Waals surface area contributed by atoms with Crippen LogP contribution in [0.5, 0.6) is 11.5 Å². The van der Waals surface area contributed by atoms with Gasteiger partial charge in [0.05, 0.1) is 31.6 Å². The fourth-order valence-electron chi connectivity index (χ4n) is 3.43. The largest absolute Gasteiger partial charge is 0.493 e. The van der Waals surface area contributed by atoms with Gasteiger partial charge in [-0.15, -0.1) is 0 Å². The number of halogens is 1. The number of nitrogens with zero attached hydrogens (tertiary/aromatic N) is 1. The summed E-state index contributed by atoms with van der Waals surface area (Å²) < 4.78 is 38.3. The summed E-state index contributed by atoms with van der Waals surface area (Å²) in [7, 11) is -0.960. The first-order valence-electron chi connectivity index (χ1n) is 8.52. The molecule has 7 nitrogen and oxygen atoms in total. The lowest BCUT2D eigenvalue weighted by Gasteiger charge is -2.36. The predicted molar refractivity (Wildman–Crippen MR) is 104 cm³/mol. The third kappa shape index (κ3) is 3.80. The number of carbonyl (C=O) groups is 1. The zero-order valence-electron chi connectivity index (χ0n) is 15.4. The Bertz CT molecular complexity index is 1010. The van der Waals surface area contributed by atoms with Crippen LogP contribution in [0, 0.1) is 0 Å². The van der Waals surface area contributed by atoms with Crippen LogP contribution in [0.15, 0.2) is 41.3 Å². The van der Waals surface area contributed by atoms with Crippen LogP contribution in [-0.4, -0.2) is 44.6 Å². The summed E-state index contributed by atoms with van der Waals surface area (Å²) in [5.41, 5.74) is 1.43. The van der Waals surface area contributed by atoms with Crippen molar-refractivity contribution in [3.8, 4) is 11.5 Å². The highest BCUT2D eigenvalue weighted by molar-refractivity contribution is 7.89. The summed E-state index contributed by atoms with van der Waals surface area (Å²) in [6.45, 7) is 0.148. The van der Waals surface area contributed by atoms with E-state index in [2.05, 4.69) is 0 Å². The van der Waals surface area contributed by atoms with Gasteiger partial charge in [0.25, 0.3) is 0 Å². The smallest absolute Gasteiger partial charge is 0.305 e. The average molecular weight is 426 g/mol. The zero-order valence-corrected chi connectivity index (χ0v) is 17.0. The Morgan fingerprint density at radius 2 is 1.89 bits per heavy atom. The maximum absolute atomic E-state index is 13.2. The number of ether oxygens (including phenoxy) is 2. The zero-order chi connectivity index (χ0) is 20.5. The van der Waals surface area contributed by atoms with Crippen molar-refractivity contribution in [3.05, 3.63) is 52.5 Å². The van der Waals surface area contributed by atoms with Crippen molar-refractivity contribution < 1.29 is 27.8 Å². The van der Waals surface area contributed by atoms with Crippen molar-refractivity contribution in [2.45, 2.75) is 23.8 Å². The maximum atomic E-state index is 13.2. The van der Waals surface area contributed by atoms with Gasteiger partial charge in [0, 0.05) is 11.6 Å². The number of carboxylic acids is 1. The number of methoxy groups -OCH3 is 2. The van der Waals surface area contributed by atoms with Crippen molar-refractivity contribution in [3.63, 3.8) is 0 Å². The molecule has 0 aliphatic carbocycles. The number of benzene rings is 2. The molecule has 0 saturated heterocycles. The van der Waals surface area contributed by atoms with Crippen molar-refractivity contribution in [1.82, 2.24) is 4.31 Å². The molecule has 3 rings (SSSR count). The van der Waals surface area contributed by atoms with Gasteiger partial charge < -0.3 is 14.6 Å². The molecule has 0 bridgehead atoms. The molecule has 0 saturated carbocycles. The Kier molecular flexibility index (Phi) is 5.83. The number of aliphatic carboxylic acids is 1. The summed E-state index contributed by atoms with van der Waals surface area (Å²) >= 11 is 5.96. The lowest BCUT2D eigenvalue weighted by molar-refractivity contribution is -0.138. The SMILES string of the molecule is COc1cc2c(cc1OC)C(CC(=O)O)N(S(=O)(=O)c1cccc(Cl)c1)CC2. The fraction of sp³-hybridized carbons (Fsp3) is 0.316. The summed E-state index contributed by atoms with van der Waals surface area (Å²) in [4.78, 5) is 11.5.